The second-order valence-corrected chi connectivity index (χ2v) is 4.52. The third-order valence-corrected chi connectivity index (χ3v) is 3.25. The Morgan fingerprint density at radius 3 is 2.32 bits per heavy atom. The van der Waals surface area contributed by atoms with Crippen LogP contribution >= 0.6 is 0 Å². The lowest BCUT2D eigenvalue weighted by Crippen LogP contribution is -2.03. The van der Waals surface area contributed by atoms with Crippen molar-refractivity contribution < 1.29 is 19.0 Å². The quantitative estimate of drug-likeness (QED) is 0.624. The largest absolute Gasteiger partial charge is 0.497 e. The van der Waals surface area contributed by atoms with Crippen LogP contribution in [0.4, 0.5) is 0 Å². The molecular formula is C18H18O4. The molecule has 0 aliphatic heterocycles. The van der Waals surface area contributed by atoms with Crippen molar-refractivity contribution in [2.75, 3.05) is 21.3 Å². The highest BCUT2D eigenvalue weighted by atomic mass is 16.5. The smallest absolute Gasteiger partial charge is 0.338 e. The molecule has 0 N–H and O–H groups in total. The zero-order valence-electron chi connectivity index (χ0n) is 12.8. The number of carbonyl (C=O) groups is 1. The number of esters is 1. The topological polar surface area (TPSA) is 44.8 Å². The predicted octanol–water partition coefficient (Wildman–Crippen LogP) is 3.66. The first-order chi connectivity index (χ1) is 10.7. The number of ether oxygens (including phenoxy) is 3. The summed E-state index contributed by atoms with van der Waals surface area (Å²) in [5, 5.41) is 0. The first-order valence-electron chi connectivity index (χ1n) is 6.77. The fourth-order valence-electron chi connectivity index (χ4n) is 2.07. The van der Waals surface area contributed by atoms with E-state index >= 15 is 0 Å². The van der Waals surface area contributed by atoms with Gasteiger partial charge in [0.25, 0.3) is 0 Å². The van der Waals surface area contributed by atoms with E-state index in [1.165, 1.54) is 7.11 Å². The summed E-state index contributed by atoms with van der Waals surface area (Å²) in [7, 11) is 4.58. The summed E-state index contributed by atoms with van der Waals surface area (Å²) in [5.74, 6) is 1.07. The Bertz CT molecular complexity index is 689. The van der Waals surface area contributed by atoms with Crippen molar-refractivity contribution in [3.8, 4) is 11.5 Å². The van der Waals surface area contributed by atoms with Crippen LogP contribution < -0.4 is 9.47 Å². The van der Waals surface area contributed by atoms with Crippen molar-refractivity contribution in [3.63, 3.8) is 0 Å². The van der Waals surface area contributed by atoms with Gasteiger partial charge in [-0.3, -0.25) is 0 Å². The van der Waals surface area contributed by atoms with Gasteiger partial charge in [0.15, 0.2) is 0 Å². The maximum Gasteiger partial charge on any atom is 0.338 e. The van der Waals surface area contributed by atoms with Gasteiger partial charge in [-0.15, -0.1) is 0 Å². The summed E-state index contributed by atoms with van der Waals surface area (Å²) in [6.45, 7) is 0. The minimum atomic E-state index is -0.359. The second-order valence-electron chi connectivity index (χ2n) is 4.52. The molecule has 0 bridgehead atoms. The third-order valence-electron chi connectivity index (χ3n) is 3.25. The molecule has 2 aromatic carbocycles. The highest BCUT2D eigenvalue weighted by Gasteiger charge is 2.09. The summed E-state index contributed by atoms with van der Waals surface area (Å²) in [5.41, 5.74) is 2.20. The molecule has 0 saturated carbocycles. The van der Waals surface area contributed by atoms with Crippen LogP contribution in [0.2, 0.25) is 0 Å². The molecule has 2 rings (SSSR count). The molecule has 114 valence electrons. The summed E-state index contributed by atoms with van der Waals surface area (Å²) < 4.78 is 15.3. The van der Waals surface area contributed by atoms with E-state index < -0.39 is 0 Å². The monoisotopic (exact) mass is 298 g/mol. The van der Waals surface area contributed by atoms with E-state index in [2.05, 4.69) is 0 Å². The maximum atomic E-state index is 11.8. The lowest BCUT2D eigenvalue weighted by molar-refractivity contribution is 0.0600. The van der Waals surface area contributed by atoms with Crippen LogP contribution in [0.5, 0.6) is 11.5 Å². The average Bonchev–Trinajstić information content (AvgIpc) is 2.59. The molecule has 0 aliphatic carbocycles. The zero-order valence-corrected chi connectivity index (χ0v) is 12.8. The van der Waals surface area contributed by atoms with Crippen LogP contribution in [0.15, 0.2) is 42.5 Å². The fourth-order valence-corrected chi connectivity index (χ4v) is 2.07. The molecule has 4 heteroatoms. The molecular weight excluding hydrogens is 280 g/mol. The minimum Gasteiger partial charge on any atom is -0.497 e. The third kappa shape index (κ3) is 3.47. The van der Waals surface area contributed by atoms with E-state index in [0.717, 1.165) is 16.9 Å². The number of methoxy groups -OCH3 is 3. The van der Waals surface area contributed by atoms with E-state index in [-0.39, 0.29) is 5.97 Å². The van der Waals surface area contributed by atoms with Gasteiger partial charge in [-0.2, -0.15) is 0 Å². The van der Waals surface area contributed by atoms with Crippen molar-refractivity contribution in [2.45, 2.75) is 0 Å². The number of benzene rings is 2. The Hall–Kier alpha value is -2.75. The van der Waals surface area contributed by atoms with E-state index in [1.54, 1.807) is 26.4 Å². The molecule has 0 amide bonds. The van der Waals surface area contributed by atoms with E-state index in [1.807, 2.05) is 42.5 Å². The van der Waals surface area contributed by atoms with Gasteiger partial charge in [0, 0.05) is 11.6 Å². The second kappa shape index (κ2) is 7.31. The fraction of sp³-hybridized carbons (Fsp3) is 0.167. The van der Waals surface area contributed by atoms with Crippen LogP contribution in [0, 0.1) is 0 Å². The van der Waals surface area contributed by atoms with Crippen LogP contribution in [0.1, 0.15) is 21.5 Å². The van der Waals surface area contributed by atoms with Crippen molar-refractivity contribution >= 4 is 18.1 Å². The summed E-state index contributed by atoms with van der Waals surface area (Å²) in [6.07, 6.45) is 3.75. The normalized spacial score (nSPS) is 10.5. The number of hydrogen-bond acceptors (Lipinski definition) is 4. The van der Waals surface area contributed by atoms with Crippen LogP contribution in [0.25, 0.3) is 12.2 Å². The standard InChI is InChI=1S/C18H18O4/c1-20-15-11-10-14(17(12-15)21-2)9-8-13-6-4-5-7-16(13)18(19)22-3/h4-12H,1-3H3/b9-8+. The molecule has 0 atom stereocenters. The van der Waals surface area contributed by atoms with Gasteiger partial charge >= 0.3 is 5.97 Å². The van der Waals surface area contributed by atoms with Crippen LogP contribution in [-0.4, -0.2) is 27.3 Å². The minimum absolute atomic E-state index is 0.359. The highest BCUT2D eigenvalue weighted by Crippen LogP contribution is 2.26. The van der Waals surface area contributed by atoms with Gasteiger partial charge in [-0.1, -0.05) is 30.4 Å². The van der Waals surface area contributed by atoms with Crippen molar-refractivity contribution in [1.82, 2.24) is 0 Å². The first-order valence-corrected chi connectivity index (χ1v) is 6.77. The van der Waals surface area contributed by atoms with E-state index in [4.69, 9.17) is 14.2 Å². The van der Waals surface area contributed by atoms with E-state index in [9.17, 15) is 4.79 Å². The molecule has 0 saturated heterocycles. The van der Waals surface area contributed by atoms with Crippen LogP contribution in [-0.2, 0) is 4.74 Å². The molecule has 0 fully saturated rings. The van der Waals surface area contributed by atoms with Gasteiger partial charge in [0.2, 0.25) is 0 Å². The molecule has 0 aliphatic rings. The Morgan fingerprint density at radius 1 is 0.909 bits per heavy atom. The number of hydrogen-bond donors (Lipinski definition) is 0. The lowest BCUT2D eigenvalue weighted by atomic mass is 10.1. The van der Waals surface area contributed by atoms with E-state index in [0.29, 0.717) is 11.3 Å². The van der Waals surface area contributed by atoms with Crippen molar-refractivity contribution in [1.29, 1.82) is 0 Å². The Kier molecular flexibility index (Phi) is 5.20. The zero-order chi connectivity index (χ0) is 15.9. The Balaban J connectivity index is 2.35. The van der Waals surface area contributed by atoms with Gasteiger partial charge in [0.1, 0.15) is 11.5 Å². The predicted molar refractivity (Wildman–Crippen MR) is 86.3 cm³/mol. The first kappa shape index (κ1) is 15.6. The summed E-state index contributed by atoms with van der Waals surface area (Å²) in [4.78, 5) is 11.8. The molecule has 22 heavy (non-hydrogen) atoms. The molecule has 4 nitrogen and oxygen atoms in total. The number of carbonyl (C=O) groups excluding carboxylic acids is 1. The maximum absolute atomic E-state index is 11.8. The highest BCUT2D eigenvalue weighted by molar-refractivity contribution is 5.94. The molecule has 2 aromatic rings. The summed E-state index contributed by atoms with van der Waals surface area (Å²) in [6, 6.07) is 12.8. The molecule has 0 unspecified atom stereocenters. The van der Waals surface area contributed by atoms with Gasteiger partial charge in [-0.25, -0.2) is 4.79 Å². The van der Waals surface area contributed by atoms with Crippen molar-refractivity contribution in [2.24, 2.45) is 0 Å². The van der Waals surface area contributed by atoms with Gasteiger partial charge in [0.05, 0.1) is 26.9 Å². The SMILES string of the molecule is COC(=O)c1ccccc1/C=C/c1ccc(OC)cc1OC. The Morgan fingerprint density at radius 2 is 1.64 bits per heavy atom. The van der Waals surface area contributed by atoms with Crippen LogP contribution in [0.3, 0.4) is 0 Å². The molecule has 0 spiro atoms. The van der Waals surface area contributed by atoms with Gasteiger partial charge < -0.3 is 14.2 Å². The molecule has 0 radical (unpaired) electrons. The van der Waals surface area contributed by atoms with Gasteiger partial charge in [-0.05, 0) is 23.8 Å². The molecule has 0 heterocycles. The van der Waals surface area contributed by atoms with Crippen molar-refractivity contribution in [3.05, 3.63) is 59.2 Å². The number of rotatable bonds is 5. The molecule has 0 aromatic heterocycles. The lowest BCUT2D eigenvalue weighted by Gasteiger charge is -2.08. The Labute approximate surface area is 129 Å². The summed E-state index contributed by atoms with van der Waals surface area (Å²) >= 11 is 0. The average molecular weight is 298 g/mol.